The highest BCUT2D eigenvalue weighted by Crippen LogP contribution is 2.42. The summed E-state index contributed by atoms with van der Waals surface area (Å²) in [7, 11) is 1.54. The molecule has 1 saturated heterocycles. The van der Waals surface area contributed by atoms with Crippen LogP contribution < -0.4 is 4.74 Å². The zero-order valence-corrected chi connectivity index (χ0v) is 22.1. The monoisotopic (exact) mass is 556 g/mol. The minimum Gasteiger partial charge on any atom is -0.497 e. The number of hydrogen-bond acceptors (Lipinski definition) is 6. The first-order chi connectivity index (χ1) is 19.1. The van der Waals surface area contributed by atoms with Crippen LogP contribution in [0.1, 0.15) is 54.9 Å². The summed E-state index contributed by atoms with van der Waals surface area (Å²) < 4.78 is 46.0. The number of benzene rings is 2. The number of halogens is 3. The van der Waals surface area contributed by atoms with E-state index < -0.39 is 34.9 Å². The molecule has 0 bridgehead atoms. The number of fused-ring (bicyclic) bond motifs is 1. The van der Waals surface area contributed by atoms with Gasteiger partial charge in [0.15, 0.2) is 11.6 Å². The second-order valence-corrected chi connectivity index (χ2v) is 10.2. The van der Waals surface area contributed by atoms with Crippen molar-refractivity contribution in [2.24, 2.45) is 5.41 Å². The van der Waals surface area contributed by atoms with Gasteiger partial charge >= 0.3 is 5.97 Å². The Morgan fingerprint density at radius 3 is 2.62 bits per heavy atom. The molecule has 4 rings (SSSR count). The van der Waals surface area contributed by atoms with Crippen molar-refractivity contribution in [2.45, 2.75) is 44.8 Å². The van der Waals surface area contributed by atoms with Crippen LogP contribution in [0.4, 0.5) is 13.2 Å². The van der Waals surface area contributed by atoms with Gasteiger partial charge in [0.2, 0.25) is 0 Å². The van der Waals surface area contributed by atoms with Gasteiger partial charge in [0.05, 0.1) is 43.9 Å². The highest BCUT2D eigenvalue weighted by molar-refractivity contribution is 5.85. The zero-order valence-electron chi connectivity index (χ0n) is 22.1. The summed E-state index contributed by atoms with van der Waals surface area (Å²) in [5.74, 6) is 1.48. The molecule has 0 amide bonds. The van der Waals surface area contributed by atoms with Gasteiger partial charge in [-0.2, -0.15) is 0 Å². The Hall–Kier alpha value is -3.65. The van der Waals surface area contributed by atoms with E-state index in [2.05, 4.69) is 16.8 Å². The van der Waals surface area contributed by atoms with Crippen LogP contribution >= 0.6 is 0 Å². The molecule has 10 heteroatoms. The Labute approximate surface area is 230 Å². The van der Waals surface area contributed by atoms with E-state index in [1.807, 2.05) is 4.90 Å². The summed E-state index contributed by atoms with van der Waals surface area (Å²) in [4.78, 5) is 18.1. The van der Waals surface area contributed by atoms with E-state index in [-0.39, 0.29) is 31.6 Å². The molecule has 3 N–H and O–H groups in total. The number of aliphatic hydroxyl groups is 2. The molecular weight excluding hydrogens is 525 g/mol. The maximum absolute atomic E-state index is 13.9. The number of ether oxygens (including phenoxy) is 1. The van der Waals surface area contributed by atoms with Gasteiger partial charge in [-0.3, -0.25) is 14.7 Å². The highest BCUT2D eigenvalue weighted by Gasteiger charge is 2.37. The third-order valence-corrected chi connectivity index (χ3v) is 7.61. The fourth-order valence-corrected chi connectivity index (χ4v) is 5.38. The number of piperidine rings is 1. The number of aliphatic carboxylic acids is 1. The van der Waals surface area contributed by atoms with Gasteiger partial charge in [0.25, 0.3) is 0 Å². The lowest BCUT2D eigenvalue weighted by Gasteiger charge is -2.41. The molecule has 1 fully saturated rings. The Kier molecular flexibility index (Phi) is 9.30. The number of pyridine rings is 1. The smallest absolute Gasteiger partial charge is 0.303 e. The predicted molar refractivity (Wildman–Crippen MR) is 142 cm³/mol. The normalized spacial score (nSPS) is 15.8. The molecule has 212 valence electrons. The molecule has 1 aliphatic heterocycles. The molecule has 3 aromatic rings. The van der Waals surface area contributed by atoms with Crippen LogP contribution in [-0.2, 0) is 11.4 Å². The molecule has 0 saturated carbocycles. The van der Waals surface area contributed by atoms with Crippen LogP contribution in [-0.4, -0.2) is 57.9 Å². The number of hydrogen-bond donors (Lipinski definition) is 3. The quantitative estimate of drug-likeness (QED) is 0.262. The zero-order chi connectivity index (χ0) is 28.9. The molecule has 1 aromatic heterocycles. The van der Waals surface area contributed by atoms with Gasteiger partial charge in [-0.25, -0.2) is 13.2 Å². The Morgan fingerprint density at radius 1 is 1.20 bits per heavy atom. The van der Waals surface area contributed by atoms with E-state index in [4.69, 9.17) is 4.74 Å². The molecule has 1 unspecified atom stereocenters. The molecule has 0 spiro atoms. The summed E-state index contributed by atoms with van der Waals surface area (Å²) in [6, 6.07) is 6.60. The average molecular weight is 557 g/mol. The van der Waals surface area contributed by atoms with E-state index in [0.717, 1.165) is 6.07 Å². The molecule has 1 aliphatic rings. The van der Waals surface area contributed by atoms with Gasteiger partial charge in [0, 0.05) is 23.2 Å². The standard InChI is InChI=1S/C30H31F3N2O5/c1-40-22-4-5-25-23(15-22)28(20(18-36)17-34-25)26(37)6-7-30(16-27(38)39)8-11-35(12-9-30)10-2-3-19-13-21(31)14-24(32)29(19)33/h4-5,13-15,17,26,36-37H,6-12,16,18H2,1H3,(H,38,39). The summed E-state index contributed by atoms with van der Waals surface area (Å²) in [6.45, 7) is 0.966. The first-order valence-corrected chi connectivity index (χ1v) is 13.0. The van der Waals surface area contributed by atoms with Crippen LogP contribution in [0, 0.1) is 34.7 Å². The lowest BCUT2D eigenvalue weighted by atomic mass is 9.71. The van der Waals surface area contributed by atoms with Gasteiger partial charge in [-0.05, 0) is 74.0 Å². The van der Waals surface area contributed by atoms with E-state index in [9.17, 15) is 33.3 Å². The molecule has 40 heavy (non-hydrogen) atoms. The van der Waals surface area contributed by atoms with Crippen molar-refractivity contribution >= 4 is 16.9 Å². The number of nitrogens with zero attached hydrogens (tertiary/aromatic N) is 2. The second kappa shape index (κ2) is 12.7. The van der Waals surface area contributed by atoms with Crippen molar-refractivity contribution in [3.8, 4) is 17.6 Å². The number of aromatic nitrogens is 1. The molecule has 0 radical (unpaired) electrons. The highest BCUT2D eigenvalue weighted by atomic mass is 19.2. The van der Waals surface area contributed by atoms with Crippen LogP contribution in [0.15, 0.2) is 36.5 Å². The number of rotatable bonds is 9. The summed E-state index contributed by atoms with van der Waals surface area (Å²) in [5, 5.41) is 31.5. The third kappa shape index (κ3) is 6.73. The number of carboxylic acid groups (broad SMARTS) is 1. The topological polar surface area (TPSA) is 103 Å². The lowest BCUT2D eigenvalue weighted by molar-refractivity contribution is -0.141. The Bertz CT molecular complexity index is 1440. The van der Waals surface area contributed by atoms with Gasteiger partial charge in [-0.1, -0.05) is 11.8 Å². The van der Waals surface area contributed by atoms with Crippen molar-refractivity contribution in [2.75, 3.05) is 26.7 Å². The van der Waals surface area contributed by atoms with Gasteiger partial charge < -0.3 is 20.1 Å². The average Bonchev–Trinajstić information content (AvgIpc) is 2.94. The van der Waals surface area contributed by atoms with E-state index in [0.29, 0.717) is 66.2 Å². The van der Waals surface area contributed by atoms with Crippen LogP contribution in [0.2, 0.25) is 0 Å². The Balaban J connectivity index is 1.46. The van der Waals surface area contributed by atoms with E-state index in [1.54, 1.807) is 18.2 Å². The molecule has 2 heterocycles. The number of carbonyl (C=O) groups is 1. The number of likely N-dealkylation sites (tertiary alicyclic amines) is 1. The van der Waals surface area contributed by atoms with Crippen molar-refractivity contribution < 1.29 is 38.0 Å². The van der Waals surface area contributed by atoms with Crippen LogP contribution in [0.5, 0.6) is 5.75 Å². The summed E-state index contributed by atoms with van der Waals surface area (Å²) in [5.41, 5.74) is 0.762. The first-order valence-electron chi connectivity index (χ1n) is 13.0. The van der Waals surface area contributed by atoms with Crippen molar-refractivity contribution in [1.82, 2.24) is 9.88 Å². The molecule has 0 aliphatic carbocycles. The second-order valence-electron chi connectivity index (χ2n) is 10.2. The predicted octanol–water partition coefficient (Wildman–Crippen LogP) is 4.58. The fourth-order valence-electron chi connectivity index (χ4n) is 5.38. The van der Waals surface area contributed by atoms with Crippen molar-refractivity contribution in [3.63, 3.8) is 0 Å². The summed E-state index contributed by atoms with van der Waals surface area (Å²) >= 11 is 0. The maximum Gasteiger partial charge on any atom is 0.303 e. The number of methoxy groups -OCH3 is 1. The molecular formula is C30H31F3N2O5. The van der Waals surface area contributed by atoms with Crippen molar-refractivity contribution in [1.29, 1.82) is 0 Å². The summed E-state index contributed by atoms with van der Waals surface area (Å²) in [6.07, 6.45) is 2.29. The molecule has 7 nitrogen and oxygen atoms in total. The largest absolute Gasteiger partial charge is 0.497 e. The van der Waals surface area contributed by atoms with Gasteiger partial charge in [-0.15, -0.1) is 0 Å². The minimum atomic E-state index is -1.30. The first kappa shape index (κ1) is 29.3. The fraction of sp³-hybridized carbons (Fsp3) is 0.400. The Morgan fingerprint density at radius 2 is 1.95 bits per heavy atom. The third-order valence-electron chi connectivity index (χ3n) is 7.61. The SMILES string of the molecule is COc1ccc2ncc(CO)c(C(O)CCC3(CC(=O)O)CCN(CC#Cc4cc(F)cc(F)c4F)CC3)c2c1. The molecule has 2 aromatic carbocycles. The molecule has 1 atom stereocenters. The maximum atomic E-state index is 13.9. The van der Waals surface area contributed by atoms with Gasteiger partial charge in [0.1, 0.15) is 11.6 Å². The van der Waals surface area contributed by atoms with E-state index in [1.165, 1.54) is 13.3 Å². The number of carboxylic acids is 1. The lowest BCUT2D eigenvalue weighted by Crippen LogP contribution is -2.41. The van der Waals surface area contributed by atoms with Crippen LogP contribution in [0.3, 0.4) is 0 Å². The van der Waals surface area contributed by atoms with E-state index >= 15 is 0 Å². The van der Waals surface area contributed by atoms with Crippen molar-refractivity contribution in [3.05, 3.63) is 70.7 Å². The van der Waals surface area contributed by atoms with Crippen LogP contribution in [0.25, 0.3) is 10.9 Å². The number of aliphatic hydroxyl groups excluding tert-OH is 2. The minimum absolute atomic E-state index is 0.0647.